The molecule has 0 aliphatic heterocycles. The van der Waals surface area contributed by atoms with Gasteiger partial charge in [-0.2, -0.15) is 0 Å². The number of hydrogen-bond donors (Lipinski definition) is 0. The molecule has 0 saturated carbocycles. The Morgan fingerprint density at radius 3 is 2.17 bits per heavy atom. The Morgan fingerprint density at radius 2 is 1.57 bits per heavy atom. The topological polar surface area (TPSA) is 61.6 Å². The molecule has 0 aromatic heterocycles. The summed E-state index contributed by atoms with van der Waals surface area (Å²) >= 11 is 6.08. The number of hydrogen-bond acceptors (Lipinski definition) is 4. The van der Waals surface area contributed by atoms with Crippen molar-refractivity contribution in [3.05, 3.63) is 69.7 Å². The van der Waals surface area contributed by atoms with Gasteiger partial charge in [0.2, 0.25) is 0 Å². The first kappa shape index (κ1) is 15.1. The lowest BCUT2D eigenvalue weighted by atomic mass is 10.1. The van der Waals surface area contributed by atoms with Crippen LogP contribution in [0.15, 0.2) is 54.6 Å². The minimum absolute atomic E-state index is 0.0815. The Bertz CT molecular complexity index is 895. The number of benzene rings is 3. The third-order valence-electron chi connectivity index (χ3n) is 3.41. The zero-order valence-electron chi connectivity index (χ0n) is 12.2. The van der Waals surface area contributed by atoms with E-state index in [2.05, 4.69) is 0 Å². The molecule has 5 nitrogen and oxygen atoms in total. The van der Waals surface area contributed by atoms with Crippen molar-refractivity contribution in [2.75, 3.05) is 7.11 Å². The zero-order valence-corrected chi connectivity index (χ0v) is 12.9. The average Bonchev–Trinajstić information content (AvgIpc) is 2.56. The van der Waals surface area contributed by atoms with Crippen molar-refractivity contribution in [2.45, 2.75) is 0 Å². The van der Waals surface area contributed by atoms with Crippen molar-refractivity contribution in [2.24, 2.45) is 0 Å². The van der Waals surface area contributed by atoms with Gasteiger partial charge in [0.05, 0.1) is 17.1 Å². The van der Waals surface area contributed by atoms with Crippen LogP contribution in [0, 0.1) is 10.1 Å². The maximum absolute atomic E-state index is 10.8. The van der Waals surface area contributed by atoms with E-state index in [-0.39, 0.29) is 10.7 Å². The number of ether oxygens (including phenoxy) is 2. The molecular formula is C17H12ClNO4. The van der Waals surface area contributed by atoms with E-state index in [1.807, 2.05) is 24.3 Å². The number of nitrogens with zero attached hydrogens (tertiary/aromatic N) is 1. The summed E-state index contributed by atoms with van der Waals surface area (Å²) < 4.78 is 11.2. The lowest BCUT2D eigenvalue weighted by Gasteiger charge is -2.12. The smallest absolute Gasteiger partial charge is 0.271 e. The van der Waals surface area contributed by atoms with Crippen LogP contribution in [-0.2, 0) is 0 Å². The predicted octanol–water partition coefficient (Wildman–Crippen LogP) is 5.20. The van der Waals surface area contributed by atoms with Crippen LogP contribution in [0.1, 0.15) is 0 Å². The summed E-state index contributed by atoms with van der Waals surface area (Å²) in [4.78, 5) is 10.3. The number of methoxy groups -OCH3 is 1. The lowest BCUT2D eigenvalue weighted by Crippen LogP contribution is -1.92. The molecule has 6 heteroatoms. The second-order valence-electron chi connectivity index (χ2n) is 4.79. The van der Waals surface area contributed by atoms with Gasteiger partial charge in [-0.3, -0.25) is 10.1 Å². The molecule has 0 unspecified atom stereocenters. The van der Waals surface area contributed by atoms with Crippen molar-refractivity contribution < 1.29 is 14.4 Å². The lowest BCUT2D eigenvalue weighted by molar-refractivity contribution is -0.384. The summed E-state index contributed by atoms with van der Waals surface area (Å²) in [7, 11) is 1.61. The molecular weight excluding hydrogens is 318 g/mol. The van der Waals surface area contributed by atoms with Crippen molar-refractivity contribution in [1.29, 1.82) is 0 Å². The maximum Gasteiger partial charge on any atom is 0.271 e. The third-order valence-corrected chi connectivity index (χ3v) is 3.71. The highest BCUT2D eigenvalue weighted by Crippen LogP contribution is 2.38. The SMILES string of the molecule is COc1ccc(Oc2ccc([N+](=O)[O-])cc2Cl)c2ccccc12. The highest BCUT2D eigenvalue weighted by Gasteiger charge is 2.13. The summed E-state index contributed by atoms with van der Waals surface area (Å²) in [5.74, 6) is 1.69. The number of rotatable bonds is 4. The number of nitro groups is 1. The zero-order chi connectivity index (χ0) is 16.4. The molecule has 0 bridgehead atoms. The van der Waals surface area contributed by atoms with E-state index in [4.69, 9.17) is 21.1 Å². The second-order valence-corrected chi connectivity index (χ2v) is 5.19. The summed E-state index contributed by atoms with van der Waals surface area (Å²) in [6.45, 7) is 0. The Kier molecular flexibility index (Phi) is 4.04. The largest absolute Gasteiger partial charge is 0.496 e. The third kappa shape index (κ3) is 2.91. The Labute approximate surface area is 137 Å². The van der Waals surface area contributed by atoms with Gasteiger partial charge >= 0.3 is 0 Å². The second kappa shape index (κ2) is 6.14. The molecule has 0 spiro atoms. The number of nitro benzene ring substituents is 1. The van der Waals surface area contributed by atoms with Gasteiger partial charge in [0, 0.05) is 22.9 Å². The minimum atomic E-state index is -0.502. The van der Waals surface area contributed by atoms with E-state index in [0.29, 0.717) is 11.5 Å². The molecule has 0 N–H and O–H groups in total. The fraction of sp³-hybridized carbons (Fsp3) is 0.0588. The van der Waals surface area contributed by atoms with E-state index in [9.17, 15) is 10.1 Å². The van der Waals surface area contributed by atoms with Crippen molar-refractivity contribution in [3.63, 3.8) is 0 Å². The number of fused-ring (bicyclic) bond motifs is 1. The van der Waals surface area contributed by atoms with E-state index in [1.54, 1.807) is 19.2 Å². The maximum atomic E-state index is 10.8. The molecule has 0 fully saturated rings. The highest BCUT2D eigenvalue weighted by atomic mass is 35.5. The van der Waals surface area contributed by atoms with Crippen LogP contribution < -0.4 is 9.47 Å². The van der Waals surface area contributed by atoms with Gasteiger partial charge in [-0.1, -0.05) is 35.9 Å². The number of halogens is 1. The van der Waals surface area contributed by atoms with Gasteiger partial charge in [-0.15, -0.1) is 0 Å². The molecule has 0 aliphatic rings. The summed E-state index contributed by atoms with van der Waals surface area (Å²) in [5.41, 5.74) is -0.0815. The predicted molar refractivity (Wildman–Crippen MR) is 88.7 cm³/mol. The molecule has 0 amide bonds. The van der Waals surface area contributed by atoms with E-state index >= 15 is 0 Å². The number of non-ortho nitro benzene ring substituents is 1. The van der Waals surface area contributed by atoms with Crippen LogP contribution >= 0.6 is 11.6 Å². The van der Waals surface area contributed by atoms with Crippen LogP contribution in [0.5, 0.6) is 17.2 Å². The Morgan fingerprint density at radius 1 is 0.957 bits per heavy atom. The monoisotopic (exact) mass is 329 g/mol. The van der Waals surface area contributed by atoms with Gasteiger partial charge in [0.15, 0.2) is 0 Å². The van der Waals surface area contributed by atoms with Crippen LogP contribution in [0.3, 0.4) is 0 Å². The molecule has 116 valence electrons. The van der Waals surface area contributed by atoms with Gasteiger partial charge in [0.1, 0.15) is 17.2 Å². The Hall–Kier alpha value is -2.79. The average molecular weight is 330 g/mol. The van der Waals surface area contributed by atoms with Gasteiger partial charge < -0.3 is 9.47 Å². The first-order chi connectivity index (χ1) is 11.1. The van der Waals surface area contributed by atoms with Crippen LogP contribution in [0.25, 0.3) is 10.8 Å². The molecule has 0 aliphatic carbocycles. The van der Waals surface area contributed by atoms with Crippen molar-refractivity contribution in [1.82, 2.24) is 0 Å². The van der Waals surface area contributed by atoms with Crippen molar-refractivity contribution in [3.8, 4) is 17.2 Å². The van der Waals surface area contributed by atoms with Crippen molar-refractivity contribution >= 4 is 28.1 Å². The molecule has 3 aromatic rings. The molecule has 0 atom stereocenters. The molecule has 0 radical (unpaired) electrons. The molecule has 3 rings (SSSR count). The van der Waals surface area contributed by atoms with E-state index in [0.717, 1.165) is 16.5 Å². The highest BCUT2D eigenvalue weighted by molar-refractivity contribution is 6.32. The molecule has 3 aromatic carbocycles. The first-order valence-corrected chi connectivity index (χ1v) is 7.15. The van der Waals surface area contributed by atoms with Gasteiger partial charge in [-0.05, 0) is 18.2 Å². The quantitative estimate of drug-likeness (QED) is 0.487. The minimum Gasteiger partial charge on any atom is -0.496 e. The molecule has 0 heterocycles. The summed E-state index contributed by atoms with van der Waals surface area (Å²) in [6.07, 6.45) is 0. The van der Waals surface area contributed by atoms with E-state index in [1.165, 1.54) is 18.2 Å². The van der Waals surface area contributed by atoms with E-state index < -0.39 is 4.92 Å². The van der Waals surface area contributed by atoms with Gasteiger partial charge in [-0.25, -0.2) is 0 Å². The summed E-state index contributed by atoms with van der Waals surface area (Å²) in [6, 6.07) is 15.3. The molecule has 0 saturated heterocycles. The normalized spacial score (nSPS) is 10.5. The standard InChI is InChI=1S/C17H12ClNO4/c1-22-15-8-9-16(13-5-3-2-4-12(13)15)23-17-7-6-11(19(20)21)10-14(17)18/h2-10H,1H3. The fourth-order valence-electron chi connectivity index (χ4n) is 2.32. The fourth-order valence-corrected chi connectivity index (χ4v) is 2.53. The first-order valence-electron chi connectivity index (χ1n) is 6.77. The summed E-state index contributed by atoms with van der Waals surface area (Å²) in [5, 5.41) is 12.7. The molecule has 23 heavy (non-hydrogen) atoms. The van der Waals surface area contributed by atoms with Gasteiger partial charge in [0.25, 0.3) is 5.69 Å². The Balaban J connectivity index is 2.04. The van der Waals surface area contributed by atoms with Crippen LogP contribution in [0.2, 0.25) is 5.02 Å². The van der Waals surface area contributed by atoms with Crippen LogP contribution in [-0.4, -0.2) is 12.0 Å². The van der Waals surface area contributed by atoms with Crippen LogP contribution in [0.4, 0.5) is 5.69 Å².